The molecule has 0 amide bonds. The molecule has 0 spiro atoms. The molecule has 0 bridgehead atoms. The Kier molecular flexibility index (Phi) is 4.83. The van der Waals surface area contributed by atoms with Gasteiger partial charge in [0.25, 0.3) is 0 Å². The highest BCUT2D eigenvalue weighted by molar-refractivity contribution is 9.10. The van der Waals surface area contributed by atoms with E-state index >= 15 is 0 Å². The Morgan fingerprint density at radius 2 is 1.56 bits per heavy atom. The minimum absolute atomic E-state index is 0.353. The number of aryl methyl sites for hydroxylation is 1. The molecule has 0 atom stereocenters. The van der Waals surface area contributed by atoms with Crippen LogP contribution in [-0.2, 0) is 10.0 Å². The van der Waals surface area contributed by atoms with Gasteiger partial charge in [-0.2, -0.15) is 0 Å². The van der Waals surface area contributed by atoms with E-state index in [9.17, 15) is 17.2 Å². The zero-order chi connectivity index (χ0) is 18.4. The minimum atomic E-state index is -4.45. The highest BCUT2D eigenvalue weighted by Gasteiger charge is 2.24. The number of primary sulfonamides is 1. The van der Waals surface area contributed by atoms with Crippen LogP contribution in [-0.4, -0.2) is 8.42 Å². The third kappa shape index (κ3) is 3.54. The van der Waals surface area contributed by atoms with Crippen molar-refractivity contribution in [3.05, 3.63) is 63.1 Å². The molecule has 7 heteroatoms. The zero-order valence-corrected chi connectivity index (χ0v) is 15.8. The summed E-state index contributed by atoms with van der Waals surface area (Å²) in [5.41, 5.74) is 4.28. The number of rotatable bonds is 3. The van der Waals surface area contributed by atoms with Crippen molar-refractivity contribution < 1.29 is 17.2 Å². The third-order valence-electron chi connectivity index (χ3n) is 4.37. The molecular formula is C18H16BrF2NO2S. The SMILES string of the molecule is Cc1ccc(C2=C(c3cc(F)c(S(N)(=O)=O)c(F)c3)CCC2)cc1Br. The van der Waals surface area contributed by atoms with E-state index in [1.807, 2.05) is 25.1 Å². The molecule has 1 aliphatic rings. The van der Waals surface area contributed by atoms with Gasteiger partial charge >= 0.3 is 0 Å². The molecule has 0 saturated heterocycles. The lowest BCUT2D eigenvalue weighted by atomic mass is 9.96. The van der Waals surface area contributed by atoms with Crippen LogP contribution < -0.4 is 5.14 Å². The summed E-state index contributed by atoms with van der Waals surface area (Å²) in [4.78, 5) is -1.09. The molecule has 0 aliphatic heterocycles. The average Bonchev–Trinajstić information content (AvgIpc) is 2.97. The molecule has 0 fully saturated rings. The Morgan fingerprint density at radius 3 is 2.08 bits per heavy atom. The van der Waals surface area contributed by atoms with Crippen molar-refractivity contribution >= 4 is 37.1 Å². The molecular weight excluding hydrogens is 412 g/mol. The standard InChI is InChI=1S/C18H16BrF2NO2S/c1-10-5-6-11(7-15(10)19)13-3-2-4-14(13)12-8-16(20)18(17(21)9-12)25(22,23)24/h5-9H,2-4H2,1H3,(H2,22,23,24). The summed E-state index contributed by atoms with van der Waals surface area (Å²) < 4.78 is 52.0. The van der Waals surface area contributed by atoms with Crippen LogP contribution in [0.4, 0.5) is 8.78 Å². The lowest BCUT2D eigenvalue weighted by Gasteiger charge is -2.12. The van der Waals surface area contributed by atoms with Gasteiger partial charge in [0.1, 0.15) is 11.6 Å². The predicted molar refractivity (Wildman–Crippen MR) is 97.3 cm³/mol. The maximum atomic E-state index is 14.2. The Labute approximate surface area is 153 Å². The summed E-state index contributed by atoms with van der Waals surface area (Å²) in [5, 5.41) is 4.89. The highest BCUT2D eigenvalue weighted by Crippen LogP contribution is 2.41. The van der Waals surface area contributed by atoms with Gasteiger partial charge < -0.3 is 0 Å². The first kappa shape index (κ1) is 18.2. The van der Waals surface area contributed by atoms with Crippen molar-refractivity contribution in [1.82, 2.24) is 0 Å². The number of sulfonamides is 1. The molecule has 0 aromatic heterocycles. The lowest BCUT2D eigenvalue weighted by molar-refractivity contribution is 0.519. The predicted octanol–water partition coefficient (Wildman–Crippen LogP) is 4.78. The van der Waals surface area contributed by atoms with Crippen molar-refractivity contribution in [2.24, 2.45) is 5.14 Å². The van der Waals surface area contributed by atoms with Crippen molar-refractivity contribution in [3.63, 3.8) is 0 Å². The molecule has 2 N–H and O–H groups in total. The molecule has 2 aromatic rings. The molecule has 25 heavy (non-hydrogen) atoms. The molecule has 0 unspecified atom stereocenters. The van der Waals surface area contributed by atoms with E-state index in [4.69, 9.17) is 5.14 Å². The Balaban J connectivity index is 2.15. The number of halogens is 3. The van der Waals surface area contributed by atoms with Gasteiger partial charge in [0.15, 0.2) is 4.90 Å². The normalized spacial score (nSPS) is 15.1. The summed E-state index contributed by atoms with van der Waals surface area (Å²) in [6, 6.07) is 8.04. The average molecular weight is 428 g/mol. The van der Waals surface area contributed by atoms with Gasteiger partial charge in [-0.25, -0.2) is 22.3 Å². The van der Waals surface area contributed by atoms with Crippen LogP contribution in [0.2, 0.25) is 0 Å². The van der Waals surface area contributed by atoms with Gasteiger partial charge in [-0.3, -0.25) is 0 Å². The maximum absolute atomic E-state index is 14.2. The van der Waals surface area contributed by atoms with E-state index in [-0.39, 0.29) is 0 Å². The van der Waals surface area contributed by atoms with Crippen LogP contribution in [0.3, 0.4) is 0 Å². The fourth-order valence-electron chi connectivity index (χ4n) is 3.17. The smallest absolute Gasteiger partial charge is 0.224 e. The molecule has 0 saturated carbocycles. The molecule has 0 heterocycles. The van der Waals surface area contributed by atoms with Crippen molar-refractivity contribution in [1.29, 1.82) is 0 Å². The number of allylic oxidation sites excluding steroid dienone is 2. The maximum Gasteiger partial charge on any atom is 0.243 e. The quantitative estimate of drug-likeness (QED) is 0.765. The minimum Gasteiger partial charge on any atom is -0.224 e. The van der Waals surface area contributed by atoms with E-state index in [0.29, 0.717) is 12.0 Å². The van der Waals surface area contributed by atoms with Gasteiger partial charge in [-0.1, -0.05) is 28.1 Å². The summed E-state index contributed by atoms with van der Waals surface area (Å²) in [5.74, 6) is -2.33. The molecule has 0 radical (unpaired) electrons. The van der Waals surface area contributed by atoms with Crippen LogP contribution in [0.5, 0.6) is 0 Å². The summed E-state index contributed by atoms with van der Waals surface area (Å²) in [7, 11) is -4.45. The number of hydrogen-bond acceptors (Lipinski definition) is 2. The number of benzene rings is 2. The molecule has 3 nitrogen and oxygen atoms in total. The highest BCUT2D eigenvalue weighted by atomic mass is 79.9. The van der Waals surface area contributed by atoms with Gasteiger partial charge in [0.05, 0.1) is 0 Å². The van der Waals surface area contributed by atoms with E-state index in [0.717, 1.165) is 51.7 Å². The summed E-state index contributed by atoms with van der Waals surface area (Å²) in [6.07, 6.45) is 2.34. The van der Waals surface area contributed by atoms with Crippen LogP contribution in [0.15, 0.2) is 39.7 Å². The first-order chi connectivity index (χ1) is 11.7. The second kappa shape index (κ2) is 6.63. The molecule has 3 rings (SSSR count). The van der Waals surface area contributed by atoms with Crippen LogP contribution in [0.1, 0.15) is 36.0 Å². The van der Waals surface area contributed by atoms with E-state index < -0.39 is 26.6 Å². The molecule has 2 aromatic carbocycles. The fourth-order valence-corrected chi connectivity index (χ4v) is 4.21. The first-order valence-corrected chi connectivity index (χ1v) is 10.0. The van der Waals surface area contributed by atoms with Gasteiger partial charge in [-0.15, -0.1) is 0 Å². The van der Waals surface area contributed by atoms with E-state index in [1.54, 1.807) is 0 Å². The third-order valence-corrected chi connectivity index (χ3v) is 6.18. The number of hydrogen-bond donors (Lipinski definition) is 1. The van der Waals surface area contributed by atoms with Crippen LogP contribution >= 0.6 is 15.9 Å². The van der Waals surface area contributed by atoms with Crippen molar-refractivity contribution in [3.8, 4) is 0 Å². The Bertz CT molecular complexity index is 977. The first-order valence-electron chi connectivity index (χ1n) is 7.69. The van der Waals surface area contributed by atoms with Crippen molar-refractivity contribution in [2.75, 3.05) is 0 Å². The zero-order valence-electron chi connectivity index (χ0n) is 13.4. The second-order valence-corrected chi connectivity index (χ2v) is 8.44. The monoisotopic (exact) mass is 427 g/mol. The van der Waals surface area contributed by atoms with E-state index in [2.05, 4.69) is 15.9 Å². The van der Waals surface area contributed by atoms with Gasteiger partial charge in [-0.05, 0) is 72.2 Å². The summed E-state index contributed by atoms with van der Waals surface area (Å²) >= 11 is 3.50. The number of nitrogens with two attached hydrogens (primary N) is 1. The molecule has 1 aliphatic carbocycles. The van der Waals surface area contributed by atoms with E-state index in [1.165, 1.54) is 0 Å². The van der Waals surface area contributed by atoms with Gasteiger partial charge in [0, 0.05) is 4.47 Å². The molecule has 132 valence electrons. The Hall–Kier alpha value is -1.57. The van der Waals surface area contributed by atoms with Crippen LogP contribution in [0.25, 0.3) is 11.1 Å². The lowest BCUT2D eigenvalue weighted by Crippen LogP contribution is -2.16. The second-order valence-electron chi connectivity index (χ2n) is 6.09. The van der Waals surface area contributed by atoms with Crippen LogP contribution in [0, 0.1) is 18.6 Å². The fraction of sp³-hybridized carbons (Fsp3) is 0.222. The summed E-state index contributed by atoms with van der Waals surface area (Å²) in [6.45, 7) is 1.98. The van der Waals surface area contributed by atoms with Crippen molar-refractivity contribution in [2.45, 2.75) is 31.1 Å². The Morgan fingerprint density at radius 1 is 1.00 bits per heavy atom. The largest absolute Gasteiger partial charge is 0.243 e. The topological polar surface area (TPSA) is 60.2 Å². The van der Waals surface area contributed by atoms with Gasteiger partial charge in [0.2, 0.25) is 10.0 Å².